The number of fused-ring (bicyclic) bond motifs is 1. The second-order valence-electron chi connectivity index (χ2n) is 6.24. The molecule has 2 amide bonds. The van der Waals surface area contributed by atoms with Crippen molar-refractivity contribution in [1.82, 2.24) is 30.4 Å². The van der Waals surface area contributed by atoms with Crippen molar-refractivity contribution in [1.29, 1.82) is 0 Å². The predicted molar refractivity (Wildman–Crippen MR) is 102 cm³/mol. The summed E-state index contributed by atoms with van der Waals surface area (Å²) >= 11 is 2.27. The number of carboxylic acids is 1. The molecule has 1 fully saturated rings. The lowest BCUT2D eigenvalue weighted by Gasteiger charge is -2.55. The summed E-state index contributed by atoms with van der Waals surface area (Å²) in [7, 11) is 2.88. The Kier molecular flexibility index (Phi) is 6.33. The highest BCUT2D eigenvalue weighted by Gasteiger charge is 2.66. The van der Waals surface area contributed by atoms with Crippen molar-refractivity contribution in [3.63, 3.8) is 0 Å². The Morgan fingerprint density at radius 3 is 2.73 bits per heavy atom. The lowest BCUT2D eigenvalue weighted by atomic mass is 9.98. The minimum atomic E-state index is -1.70. The lowest BCUT2D eigenvalue weighted by molar-refractivity contribution is -0.192. The third-order valence-corrected chi connectivity index (χ3v) is 6.71. The molecule has 2 N–H and O–H groups in total. The van der Waals surface area contributed by atoms with Gasteiger partial charge < -0.3 is 19.9 Å². The smallest absolute Gasteiger partial charge is 0.352 e. The van der Waals surface area contributed by atoms with Crippen LogP contribution in [0, 0.1) is 0 Å². The number of aliphatic carboxylic acids is 1. The third kappa shape index (κ3) is 3.87. The van der Waals surface area contributed by atoms with Gasteiger partial charge in [0, 0.05) is 32.4 Å². The number of methoxy groups -OCH3 is 1. The van der Waals surface area contributed by atoms with Crippen LogP contribution in [-0.4, -0.2) is 90.3 Å². The van der Waals surface area contributed by atoms with Crippen molar-refractivity contribution in [3.8, 4) is 0 Å². The number of carbonyl (C=O) groups excluding carboxylic acids is 3. The summed E-state index contributed by atoms with van der Waals surface area (Å²) in [6.45, 7) is 0.963. The number of ether oxygens (including phenoxy) is 2. The Bertz CT molecular complexity index is 934. The highest BCUT2D eigenvalue weighted by atomic mass is 32.2. The van der Waals surface area contributed by atoms with E-state index in [-0.39, 0.29) is 29.4 Å². The first-order valence-electron chi connectivity index (χ1n) is 8.46. The first-order chi connectivity index (χ1) is 14.2. The van der Waals surface area contributed by atoms with Gasteiger partial charge in [-0.05, 0) is 10.4 Å². The summed E-state index contributed by atoms with van der Waals surface area (Å²) in [5, 5.41) is 22.7. The summed E-state index contributed by atoms with van der Waals surface area (Å²) in [5.74, 6) is -3.03. The molecule has 0 radical (unpaired) electrons. The van der Waals surface area contributed by atoms with E-state index in [9.17, 15) is 24.3 Å². The third-order valence-electron chi connectivity index (χ3n) is 4.32. The van der Waals surface area contributed by atoms with E-state index >= 15 is 0 Å². The van der Waals surface area contributed by atoms with Crippen LogP contribution in [-0.2, 0) is 35.7 Å². The maximum Gasteiger partial charge on any atom is 0.352 e. The van der Waals surface area contributed by atoms with E-state index < -0.39 is 34.9 Å². The summed E-state index contributed by atoms with van der Waals surface area (Å²) in [4.78, 5) is 49.2. The predicted octanol–water partition coefficient (Wildman–Crippen LogP) is -1.42. The van der Waals surface area contributed by atoms with Crippen LogP contribution in [0.15, 0.2) is 16.4 Å². The van der Waals surface area contributed by atoms with Gasteiger partial charge in [0.05, 0.1) is 5.75 Å². The molecule has 13 nitrogen and oxygen atoms in total. The van der Waals surface area contributed by atoms with Crippen LogP contribution in [0.25, 0.3) is 0 Å². The second kappa shape index (κ2) is 8.61. The van der Waals surface area contributed by atoms with Crippen LogP contribution >= 0.6 is 23.5 Å². The summed E-state index contributed by atoms with van der Waals surface area (Å²) in [6.07, 6.45) is 0. The first kappa shape index (κ1) is 22.0. The molecule has 0 spiro atoms. The first-order valence-corrected chi connectivity index (χ1v) is 10.5. The molecule has 2 aliphatic heterocycles. The molecule has 162 valence electrons. The number of aromatic nitrogens is 4. The number of hydrogen-bond donors (Lipinski definition) is 2. The topological polar surface area (TPSA) is 166 Å². The molecule has 1 aromatic rings. The van der Waals surface area contributed by atoms with Gasteiger partial charge in [-0.25, -0.2) is 9.48 Å². The molecule has 3 heterocycles. The Balaban J connectivity index is 1.74. The van der Waals surface area contributed by atoms with Gasteiger partial charge in [-0.3, -0.25) is 19.3 Å². The van der Waals surface area contributed by atoms with Crippen molar-refractivity contribution in [3.05, 3.63) is 11.3 Å². The zero-order valence-electron chi connectivity index (χ0n) is 16.1. The van der Waals surface area contributed by atoms with E-state index in [0.717, 1.165) is 16.7 Å². The number of carbonyl (C=O) groups is 4. The van der Waals surface area contributed by atoms with Crippen molar-refractivity contribution >= 4 is 47.3 Å². The molecule has 0 bridgehead atoms. The summed E-state index contributed by atoms with van der Waals surface area (Å²) < 4.78 is 11.6. The molecule has 2 atom stereocenters. The molecular formula is C15H18N6O7S2. The van der Waals surface area contributed by atoms with E-state index in [2.05, 4.69) is 20.8 Å². The van der Waals surface area contributed by atoms with Crippen molar-refractivity contribution in [2.75, 3.05) is 25.2 Å². The molecule has 15 heteroatoms. The molecule has 1 saturated heterocycles. The Hall–Kier alpha value is -2.65. The number of tetrazole rings is 1. The van der Waals surface area contributed by atoms with Gasteiger partial charge in [-0.2, -0.15) is 0 Å². The molecular weight excluding hydrogens is 440 g/mol. The average molecular weight is 458 g/mol. The van der Waals surface area contributed by atoms with Crippen LogP contribution in [0.1, 0.15) is 6.92 Å². The highest BCUT2D eigenvalue weighted by Crippen LogP contribution is 2.46. The molecule has 0 saturated carbocycles. The van der Waals surface area contributed by atoms with E-state index in [1.165, 1.54) is 30.5 Å². The van der Waals surface area contributed by atoms with Gasteiger partial charge in [0.15, 0.2) is 0 Å². The zero-order valence-corrected chi connectivity index (χ0v) is 17.8. The number of esters is 1. The fraction of sp³-hybridized carbons (Fsp3) is 0.533. The number of rotatable bonds is 8. The monoisotopic (exact) mass is 458 g/mol. The van der Waals surface area contributed by atoms with Gasteiger partial charge in [-0.15, -0.1) is 16.9 Å². The number of nitrogens with one attached hydrogen (secondary N) is 1. The van der Waals surface area contributed by atoms with Gasteiger partial charge in [-0.1, -0.05) is 11.8 Å². The molecule has 2 aliphatic rings. The van der Waals surface area contributed by atoms with E-state index in [0.29, 0.717) is 5.16 Å². The SMILES string of the molecule is CO[C@@]1(NC(=O)CSc2nnnn2C)C(=O)N2C(C(=O)O)=C(COC(C)=O)CSC21. The molecule has 1 unspecified atom stereocenters. The Labute approximate surface area is 178 Å². The average Bonchev–Trinajstić information content (AvgIpc) is 3.12. The maximum absolute atomic E-state index is 12.9. The largest absolute Gasteiger partial charge is 0.477 e. The van der Waals surface area contributed by atoms with Crippen molar-refractivity contribution in [2.24, 2.45) is 7.05 Å². The molecule has 1 aromatic heterocycles. The minimum Gasteiger partial charge on any atom is -0.477 e. The fourth-order valence-corrected chi connectivity index (χ4v) is 5.03. The van der Waals surface area contributed by atoms with Crippen LogP contribution in [0.2, 0.25) is 0 Å². The van der Waals surface area contributed by atoms with E-state index in [1.54, 1.807) is 7.05 Å². The van der Waals surface area contributed by atoms with Gasteiger partial charge >= 0.3 is 11.9 Å². The van der Waals surface area contributed by atoms with Crippen LogP contribution in [0.3, 0.4) is 0 Å². The standard InChI is InChI=1S/C15H18N6O7S2/c1-7(22)28-4-8-5-29-13-15(27-3,12(26)21(13)10(8)11(24)25)16-9(23)6-30-14-17-18-19-20(14)2/h13H,4-6H2,1-3H3,(H,16,23)(H,24,25)/t13?,15-/m0/s1. The van der Waals surface area contributed by atoms with Crippen molar-refractivity contribution < 1.29 is 33.8 Å². The summed E-state index contributed by atoms with van der Waals surface area (Å²) in [6, 6.07) is 0. The molecule has 3 rings (SSSR count). The number of carboxylic acid groups (broad SMARTS) is 1. The second-order valence-corrected chi connectivity index (χ2v) is 8.25. The zero-order chi connectivity index (χ0) is 22.1. The molecule has 30 heavy (non-hydrogen) atoms. The number of nitrogens with zero attached hydrogens (tertiary/aromatic N) is 5. The van der Waals surface area contributed by atoms with Gasteiger partial charge in [0.1, 0.15) is 17.7 Å². The Morgan fingerprint density at radius 1 is 1.43 bits per heavy atom. The van der Waals surface area contributed by atoms with Gasteiger partial charge in [0.25, 0.3) is 11.6 Å². The van der Waals surface area contributed by atoms with Crippen LogP contribution < -0.4 is 5.32 Å². The van der Waals surface area contributed by atoms with Crippen LogP contribution in [0.4, 0.5) is 0 Å². The fourth-order valence-electron chi connectivity index (χ4n) is 2.96. The number of hydrogen-bond acceptors (Lipinski definition) is 11. The van der Waals surface area contributed by atoms with E-state index in [1.807, 2.05) is 0 Å². The molecule has 0 aromatic carbocycles. The normalized spacial score (nSPS) is 23.0. The quantitative estimate of drug-likeness (QED) is 0.202. The summed E-state index contributed by atoms with van der Waals surface area (Å²) in [5.41, 5.74) is -1.69. The van der Waals surface area contributed by atoms with E-state index in [4.69, 9.17) is 9.47 Å². The number of thioether (sulfide) groups is 2. The Morgan fingerprint density at radius 2 is 2.17 bits per heavy atom. The van der Waals surface area contributed by atoms with Crippen molar-refractivity contribution in [2.45, 2.75) is 23.2 Å². The lowest BCUT2D eigenvalue weighted by Crippen LogP contribution is -2.80. The molecule has 0 aliphatic carbocycles. The highest BCUT2D eigenvalue weighted by molar-refractivity contribution is 8.00. The minimum absolute atomic E-state index is 0.0800. The number of amides is 2. The number of β-lactam (4-membered cyclic amide) rings is 1. The number of aryl methyl sites for hydroxylation is 1. The maximum atomic E-state index is 12.9. The van der Waals surface area contributed by atoms with Crippen LogP contribution in [0.5, 0.6) is 0 Å². The van der Waals surface area contributed by atoms with Gasteiger partial charge in [0.2, 0.25) is 11.1 Å².